The second kappa shape index (κ2) is 6.84. The number of halogens is 4. The van der Waals surface area contributed by atoms with Gasteiger partial charge >= 0.3 is 6.18 Å². The van der Waals surface area contributed by atoms with Crippen LogP contribution in [0.25, 0.3) is 33.4 Å². The minimum Gasteiger partial charge on any atom is -0.306 e. The van der Waals surface area contributed by atoms with Crippen molar-refractivity contribution in [3.05, 3.63) is 88.0 Å². The van der Waals surface area contributed by atoms with Crippen molar-refractivity contribution in [2.75, 3.05) is 0 Å². The predicted octanol–water partition coefficient (Wildman–Crippen LogP) is 5.72. The first kappa shape index (κ1) is 18.9. The summed E-state index contributed by atoms with van der Waals surface area (Å²) in [6, 6.07) is 14.8. The topological polar surface area (TPSA) is 45.8 Å². The van der Waals surface area contributed by atoms with Gasteiger partial charge in [0.05, 0.1) is 16.5 Å². The molecule has 3 aromatic carbocycles. The number of nitrogens with one attached hydrogen (secondary N) is 1. The first-order valence-corrected chi connectivity index (χ1v) is 8.71. The SMILES string of the molecule is Cc1cccc2c(=O)[nH]c(-c3cccc(-c4ccc(C(F)(F)F)c(F)c4)c3)nc12. The van der Waals surface area contributed by atoms with E-state index < -0.39 is 17.6 Å². The second-order valence-corrected chi connectivity index (χ2v) is 6.66. The Bertz CT molecular complexity index is 1290. The van der Waals surface area contributed by atoms with Gasteiger partial charge in [0.15, 0.2) is 0 Å². The van der Waals surface area contributed by atoms with Crippen molar-refractivity contribution >= 4 is 10.9 Å². The van der Waals surface area contributed by atoms with Gasteiger partial charge in [0.2, 0.25) is 0 Å². The van der Waals surface area contributed by atoms with Crippen LogP contribution in [0.2, 0.25) is 0 Å². The normalized spacial score (nSPS) is 11.8. The third-order valence-electron chi connectivity index (χ3n) is 4.68. The first-order valence-electron chi connectivity index (χ1n) is 8.71. The zero-order valence-electron chi connectivity index (χ0n) is 15.1. The Morgan fingerprint density at radius 1 is 0.897 bits per heavy atom. The van der Waals surface area contributed by atoms with E-state index in [9.17, 15) is 22.4 Å². The van der Waals surface area contributed by atoms with Crippen LogP contribution in [-0.2, 0) is 6.18 Å². The van der Waals surface area contributed by atoms with E-state index in [0.29, 0.717) is 27.9 Å². The Balaban J connectivity index is 1.81. The summed E-state index contributed by atoms with van der Waals surface area (Å²) in [5.74, 6) is -1.01. The van der Waals surface area contributed by atoms with Crippen LogP contribution >= 0.6 is 0 Å². The molecule has 0 fully saturated rings. The van der Waals surface area contributed by atoms with Gasteiger partial charge in [-0.2, -0.15) is 13.2 Å². The average Bonchev–Trinajstić information content (AvgIpc) is 2.68. The molecule has 1 heterocycles. The molecule has 4 rings (SSSR count). The smallest absolute Gasteiger partial charge is 0.306 e. The molecule has 0 amide bonds. The lowest BCUT2D eigenvalue weighted by atomic mass is 10.0. The first-order chi connectivity index (χ1) is 13.7. The maximum atomic E-state index is 13.9. The fourth-order valence-electron chi connectivity index (χ4n) is 3.21. The minimum absolute atomic E-state index is 0.289. The van der Waals surface area contributed by atoms with E-state index in [0.717, 1.165) is 17.7 Å². The molecule has 0 aliphatic rings. The van der Waals surface area contributed by atoms with E-state index in [-0.39, 0.29) is 11.1 Å². The molecule has 1 N–H and O–H groups in total. The second-order valence-electron chi connectivity index (χ2n) is 6.66. The highest BCUT2D eigenvalue weighted by atomic mass is 19.4. The van der Waals surface area contributed by atoms with E-state index in [4.69, 9.17) is 0 Å². The molecule has 0 bridgehead atoms. The summed E-state index contributed by atoms with van der Waals surface area (Å²) in [4.78, 5) is 19.7. The number of alkyl halides is 3. The summed E-state index contributed by atoms with van der Waals surface area (Å²) in [6.07, 6.45) is -4.75. The number of H-pyrrole nitrogens is 1. The van der Waals surface area contributed by atoms with Gasteiger partial charge in [-0.1, -0.05) is 36.4 Å². The van der Waals surface area contributed by atoms with Gasteiger partial charge in [0, 0.05) is 5.56 Å². The number of hydrogen-bond donors (Lipinski definition) is 1. The fraction of sp³-hybridized carbons (Fsp3) is 0.0909. The van der Waals surface area contributed by atoms with Gasteiger partial charge in [-0.05, 0) is 47.9 Å². The van der Waals surface area contributed by atoms with Crippen LogP contribution in [-0.4, -0.2) is 9.97 Å². The Kier molecular flexibility index (Phi) is 4.45. The van der Waals surface area contributed by atoms with Crippen LogP contribution < -0.4 is 5.56 Å². The van der Waals surface area contributed by atoms with E-state index in [1.807, 2.05) is 13.0 Å². The minimum atomic E-state index is -4.75. The Labute approximate surface area is 162 Å². The van der Waals surface area contributed by atoms with Crippen LogP contribution in [0.15, 0.2) is 65.5 Å². The zero-order chi connectivity index (χ0) is 20.8. The van der Waals surface area contributed by atoms with Crippen LogP contribution in [0.3, 0.4) is 0 Å². The van der Waals surface area contributed by atoms with Gasteiger partial charge in [0.25, 0.3) is 5.56 Å². The molecule has 0 atom stereocenters. The number of aromatic amines is 1. The molecule has 1 aromatic heterocycles. The van der Waals surface area contributed by atoms with E-state index >= 15 is 0 Å². The summed E-state index contributed by atoms with van der Waals surface area (Å²) >= 11 is 0. The lowest BCUT2D eigenvalue weighted by molar-refractivity contribution is -0.139. The van der Waals surface area contributed by atoms with Crippen molar-refractivity contribution < 1.29 is 17.6 Å². The molecule has 0 aliphatic carbocycles. The molecule has 4 aromatic rings. The van der Waals surface area contributed by atoms with Gasteiger partial charge in [-0.3, -0.25) is 4.79 Å². The Morgan fingerprint density at radius 3 is 2.31 bits per heavy atom. The van der Waals surface area contributed by atoms with Gasteiger partial charge < -0.3 is 4.98 Å². The quantitative estimate of drug-likeness (QED) is 0.439. The molecule has 0 saturated heterocycles. The lowest BCUT2D eigenvalue weighted by Gasteiger charge is -2.10. The van der Waals surface area contributed by atoms with Crippen LogP contribution in [0, 0.1) is 12.7 Å². The average molecular weight is 398 g/mol. The number of rotatable bonds is 2. The maximum absolute atomic E-state index is 13.9. The fourth-order valence-corrected chi connectivity index (χ4v) is 3.21. The number of fused-ring (bicyclic) bond motifs is 1. The number of benzene rings is 3. The number of hydrogen-bond acceptors (Lipinski definition) is 2. The molecule has 7 heteroatoms. The molecular formula is C22H14F4N2O. The molecule has 0 radical (unpaired) electrons. The number of nitrogens with zero attached hydrogens (tertiary/aromatic N) is 1. The highest BCUT2D eigenvalue weighted by Crippen LogP contribution is 2.34. The van der Waals surface area contributed by atoms with E-state index in [2.05, 4.69) is 9.97 Å². The Hall–Kier alpha value is -3.48. The van der Waals surface area contributed by atoms with Crippen LogP contribution in [0.4, 0.5) is 17.6 Å². The van der Waals surface area contributed by atoms with Gasteiger partial charge in [0.1, 0.15) is 11.6 Å². The third kappa shape index (κ3) is 3.51. The highest BCUT2D eigenvalue weighted by Gasteiger charge is 2.33. The lowest BCUT2D eigenvalue weighted by Crippen LogP contribution is -2.10. The molecule has 29 heavy (non-hydrogen) atoms. The summed E-state index contributed by atoms with van der Waals surface area (Å²) in [7, 11) is 0. The van der Waals surface area contributed by atoms with Crippen molar-refractivity contribution in [2.24, 2.45) is 0 Å². The van der Waals surface area contributed by atoms with E-state index in [1.165, 1.54) is 6.07 Å². The van der Waals surface area contributed by atoms with E-state index in [1.54, 1.807) is 36.4 Å². The standard InChI is InChI=1S/C22H14F4N2O/c1-12-4-2-7-16-19(12)27-20(28-21(16)29)15-6-3-5-13(10-15)14-8-9-17(18(23)11-14)22(24,25)26/h2-11H,1H3,(H,27,28,29). The molecule has 0 spiro atoms. The molecule has 0 saturated carbocycles. The van der Waals surface area contributed by atoms with Crippen LogP contribution in [0.5, 0.6) is 0 Å². The molecule has 146 valence electrons. The highest BCUT2D eigenvalue weighted by molar-refractivity contribution is 5.82. The number of aryl methyl sites for hydroxylation is 1. The number of aromatic nitrogens is 2. The molecule has 3 nitrogen and oxygen atoms in total. The molecule has 0 unspecified atom stereocenters. The van der Waals surface area contributed by atoms with Crippen molar-refractivity contribution in [1.82, 2.24) is 9.97 Å². The van der Waals surface area contributed by atoms with Crippen molar-refractivity contribution in [3.63, 3.8) is 0 Å². The zero-order valence-corrected chi connectivity index (χ0v) is 15.1. The summed E-state index contributed by atoms with van der Waals surface area (Å²) < 4.78 is 52.3. The predicted molar refractivity (Wildman–Crippen MR) is 103 cm³/mol. The van der Waals surface area contributed by atoms with Gasteiger partial charge in [-0.25, -0.2) is 9.37 Å². The Morgan fingerprint density at radius 2 is 1.59 bits per heavy atom. The molecular weight excluding hydrogens is 384 g/mol. The summed E-state index contributed by atoms with van der Waals surface area (Å²) in [5, 5.41) is 0.467. The number of para-hydroxylation sites is 1. The third-order valence-corrected chi connectivity index (χ3v) is 4.68. The molecule has 0 aliphatic heterocycles. The van der Waals surface area contributed by atoms with Crippen LogP contribution in [0.1, 0.15) is 11.1 Å². The van der Waals surface area contributed by atoms with Crippen molar-refractivity contribution in [1.29, 1.82) is 0 Å². The maximum Gasteiger partial charge on any atom is 0.419 e. The summed E-state index contributed by atoms with van der Waals surface area (Å²) in [5.41, 5.74) is 1.16. The monoisotopic (exact) mass is 398 g/mol. The van der Waals surface area contributed by atoms with Gasteiger partial charge in [-0.15, -0.1) is 0 Å². The van der Waals surface area contributed by atoms with Crippen molar-refractivity contribution in [2.45, 2.75) is 13.1 Å². The summed E-state index contributed by atoms with van der Waals surface area (Å²) in [6.45, 7) is 1.85. The van der Waals surface area contributed by atoms with Crippen molar-refractivity contribution in [3.8, 4) is 22.5 Å². The largest absolute Gasteiger partial charge is 0.419 e.